The van der Waals surface area contributed by atoms with Crippen molar-refractivity contribution in [3.8, 4) is 11.8 Å². The first-order valence-electron chi connectivity index (χ1n) is 8.25. The van der Waals surface area contributed by atoms with Crippen LogP contribution in [-0.4, -0.2) is 52.3 Å². The lowest BCUT2D eigenvalue weighted by atomic mass is 10.3. The van der Waals surface area contributed by atoms with Crippen molar-refractivity contribution in [3.05, 3.63) is 40.1 Å². The number of hydrogen-bond acceptors (Lipinski definition) is 7. The molecule has 4 rings (SSSR count). The molecule has 0 aliphatic rings. The lowest BCUT2D eigenvalue weighted by molar-refractivity contribution is 0.102. The van der Waals surface area contributed by atoms with E-state index in [0.717, 1.165) is 0 Å². The molecule has 0 aliphatic heterocycles. The Bertz CT molecular complexity index is 1260. The van der Waals surface area contributed by atoms with Gasteiger partial charge in [0.1, 0.15) is 16.8 Å². The van der Waals surface area contributed by atoms with Crippen LogP contribution < -0.4 is 15.6 Å². The monoisotopic (exact) mass is 383 g/mol. The van der Waals surface area contributed by atoms with E-state index in [9.17, 15) is 9.59 Å². The standard InChI is InChI=1S/C16H17N9O3/c1-8-5-11(18-14(27)10-7-23(2)22-15(10)28-4)25(21-8)16-19-12-9(13(26)20-16)6-17-24(12)3/h5-7H,1-4H3,(H,18,27)(H,19,20,26). The summed E-state index contributed by atoms with van der Waals surface area (Å²) in [5.74, 6) is 0.251. The number of fused-ring (bicyclic) bond motifs is 1. The highest BCUT2D eigenvalue weighted by atomic mass is 16.5. The molecule has 28 heavy (non-hydrogen) atoms. The molecule has 0 aliphatic carbocycles. The number of aryl methyl sites for hydroxylation is 3. The number of hydrogen-bond donors (Lipinski definition) is 2. The zero-order valence-corrected chi connectivity index (χ0v) is 15.6. The van der Waals surface area contributed by atoms with Crippen molar-refractivity contribution >= 4 is 22.8 Å². The molecule has 1 amide bonds. The van der Waals surface area contributed by atoms with Gasteiger partial charge < -0.3 is 10.1 Å². The number of aromatic nitrogens is 8. The molecule has 0 spiro atoms. The number of methoxy groups -OCH3 is 1. The van der Waals surface area contributed by atoms with Crippen LogP contribution in [0.1, 0.15) is 16.1 Å². The Labute approximate surface area is 157 Å². The van der Waals surface area contributed by atoms with E-state index in [0.29, 0.717) is 22.5 Å². The number of ether oxygens (including phenoxy) is 1. The minimum Gasteiger partial charge on any atom is -0.479 e. The summed E-state index contributed by atoms with van der Waals surface area (Å²) in [6, 6.07) is 1.66. The zero-order chi connectivity index (χ0) is 20.0. The second-order valence-corrected chi connectivity index (χ2v) is 6.16. The number of H-pyrrole nitrogens is 1. The molecule has 2 N–H and O–H groups in total. The molecule has 12 nitrogen and oxygen atoms in total. The van der Waals surface area contributed by atoms with Crippen molar-refractivity contribution in [1.82, 2.24) is 39.3 Å². The van der Waals surface area contributed by atoms with Crippen LogP contribution in [0.3, 0.4) is 0 Å². The molecule has 144 valence electrons. The predicted octanol–water partition coefficient (Wildman–Crippen LogP) is 0.145. The number of aromatic amines is 1. The molecule has 0 saturated carbocycles. The Hall–Kier alpha value is -3.96. The van der Waals surface area contributed by atoms with E-state index in [1.54, 1.807) is 33.3 Å². The molecular weight excluding hydrogens is 366 g/mol. The molecule has 0 radical (unpaired) electrons. The second-order valence-electron chi connectivity index (χ2n) is 6.16. The van der Waals surface area contributed by atoms with E-state index in [2.05, 4.69) is 30.6 Å². The highest BCUT2D eigenvalue weighted by Gasteiger charge is 2.20. The van der Waals surface area contributed by atoms with Crippen LogP contribution in [0.15, 0.2) is 23.3 Å². The van der Waals surface area contributed by atoms with E-state index in [-0.39, 0.29) is 23.0 Å². The normalized spacial score (nSPS) is 11.1. The van der Waals surface area contributed by atoms with Crippen LogP contribution in [-0.2, 0) is 14.1 Å². The molecule has 0 saturated heterocycles. The van der Waals surface area contributed by atoms with Crippen molar-refractivity contribution < 1.29 is 9.53 Å². The molecule has 0 fully saturated rings. The Morgan fingerprint density at radius 2 is 2.07 bits per heavy atom. The SMILES string of the molecule is COc1nn(C)cc1C(=O)Nc1cc(C)nn1-c1nc2c(cnn2C)c(=O)[nH]1. The number of amides is 1. The van der Waals surface area contributed by atoms with Gasteiger partial charge in [0, 0.05) is 26.4 Å². The Balaban J connectivity index is 1.76. The van der Waals surface area contributed by atoms with Crippen LogP contribution in [0.25, 0.3) is 17.0 Å². The lowest BCUT2D eigenvalue weighted by Gasteiger charge is -2.08. The summed E-state index contributed by atoms with van der Waals surface area (Å²) in [5.41, 5.74) is 0.936. The minimum atomic E-state index is -0.435. The van der Waals surface area contributed by atoms with E-state index in [1.807, 2.05) is 0 Å². The number of carbonyl (C=O) groups is 1. The van der Waals surface area contributed by atoms with Gasteiger partial charge in [-0.05, 0) is 6.92 Å². The van der Waals surface area contributed by atoms with E-state index in [4.69, 9.17) is 4.74 Å². The second kappa shape index (κ2) is 6.33. The first-order chi connectivity index (χ1) is 13.4. The highest BCUT2D eigenvalue weighted by Crippen LogP contribution is 2.20. The van der Waals surface area contributed by atoms with Gasteiger partial charge in [-0.1, -0.05) is 0 Å². The number of nitrogens with zero attached hydrogens (tertiary/aromatic N) is 7. The van der Waals surface area contributed by atoms with Gasteiger partial charge in [0.15, 0.2) is 5.65 Å². The fourth-order valence-electron chi connectivity index (χ4n) is 2.83. The fourth-order valence-corrected chi connectivity index (χ4v) is 2.83. The highest BCUT2D eigenvalue weighted by molar-refractivity contribution is 6.05. The number of nitrogens with one attached hydrogen (secondary N) is 2. The summed E-state index contributed by atoms with van der Waals surface area (Å²) >= 11 is 0. The van der Waals surface area contributed by atoms with Gasteiger partial charge in [-0.2, -0.15) is 19.9 Å². The molecular formula is C16H17N9O3. The van der Waals surface area contributed by atoms with Crippen molar-refractivity contribution in [2.45, 2.75) is 6.92 Å². The Kier molecular flexibility index (Phi) is 3.95. The maximum atomic E-state index is 12.7. The molecule has 0 bridgehead atoms. The third-order valence-electron chi connectivity index (χ3n) is 4.10. The Morgan fingerprint density at radius 3 is 2.82 bits per heavy atom. The number of rotatable bonds is 4. The van der Waals surface area contributed by atoms with Gasteiger partial charge in [-0.15, -0.1) is 5.10 Å². The minimum absolute atomic E-state index is 0.155. The fraction of sp³-hybridized carbons (Fsp3) is 0.250. The average Bonchev–Trinajstić information content (AvgIpc) is 3.32. The number of carbonyl (C=O) groups excluding carboxylic acids is 1. The first kappa shape index (κ1) is 17.5. The van der Waals surface area contributed by atoms with Gasteiger partial charge in [0.2, 0.25) is 11.8 Å². The van der Waals surface area contributed by atoms with Crippen LogP contribution in [0, 0.1) is 6.92 Å². The van der Waals surface area contributed by atoms with Crippen LogP contribution >= 0.6 is 0 Å². The molecule has 0 aromatic carbocycles. The average molecular weight is 383 g/mol. The van der Waals surface area contributed by atoms with E-state index in [1.165, 1.54) is 27.4 Å². The smallest absolute Gasteiger partial charge is 0.263 e. The van der Waals surface area contributed by atoms with Crippen molar-refractivity contribution in [2.24, 2.45) is 14.1 Å². The zero-order valence-electron chi connectivity index (χ0n) is 15.6. The Morgan fingerprint density at radius 1 is 1.29 bits per heavy atom. The molecule has 12 heteroatoms. The van der Waals surface area contributed by atoms with Crippen LogP contribution in [0.4, 0.5) is 5.82 Å². The van der Waals surface area contributed by atoms with E-state index < -0.39 is 5.91 Å². The van der Waals surface area contributed by atoms with Gasteiger partial charge >= 0.3 is 0 Å². The molecule has 0 unspecified atom stereocenters. The van der Waals surface area contributed by atoms with Gasteiger partial charge in [-0.25, -0.2) is 0 Å². The van der Waals surface area contributed by atoms with Crippen molar-refractivity contribution in [2.75, 3.05) is 12.4 Å². The lowest BCUT2D eigenvalue weighted by Crippen LogP contribution is -2.19. The summed E-state index contributed by atoms with van der Waals surface area (Å²) in [6.07, 6.45) is 2.99. The summed E-state index contributed by atoms with van der Waals surface area (Å²) < 4.78 is 9.45. The largest absolute Gasteiger partial charge is 0.479 e. The van der Waals surface area contributed by atoms with Crippen molar-refractivity contribution in [1.29, 1.82) is 0 Å². The molecule has 4 aromatic heterocycles. The van der Waals surface area contributed by atoms with Crippen LogP contribution in [0.5, 0.6) is 5.88 Å². The summed E-state index contributed by atoms with van der Waals surface area (Å²) in [4.78, 5) is 32.1. The van der Waals surface area contributed by atoms with E-state index >= 15 is 0 Å². The van der Waals surface area contributed by atoms with Gasteiger partial charge in [0.05, 0.1) is 19.0 Å². The van der Waals surface area contributed by atoms with Gasteiger partial charge in [0.25, 0.3) is 11.5 Å². The topological polar surface area (TPSA) is 138 Å². The predicted molar refractivity (Wildman–Crippen MR) is 98.7 cm³/mol. The summed E-state index contributed by atoms with van der Waals surface area (Å²) in [7, 11) is 4.81. The molecule has 4 aromatic rings. The third-order valence-corrected chi connectivity index (χ3v) is 4.10. The quantitative estimate of drug-likeness (QED) is 0.511. The maximum Gasteiger partial charge on any atom is 0.263 e. The maximum absolute atomic E-state index is 12.7. The summed E-state index contributed by atoms with van der Waals surface area (Å²) in [5, 5.41) is 15.5. The van der Waals surface area contributed by atoms with Crippen LogP contribution in [0.2, 0.25) is 0 Å². The number of anilines is 1. The first-order valence-corrected chi connectivity index (χ1v) is 8.25. The third kappa shape index (κ3) is 2.80. The van der Waals surface area contributed by atoms with Crippen molar-refractivity contribution in [3.63, 3.8) is 0 Å². The van der Waals surface area contributed by atoms with Gasteiger partial charge in [-0.3, -0.25) is 23.9 Å². The molecule has 4 heterocycles. The summed E-state index contributed by atoms with van der Waals surface area (Å²) in [6.45, 7) is 1.76. The molecule has 0 atom stereocenters.